The molecule has 1 atom stereocenters. The van der Waals surface area contributed by atoms with Crippen molar-refractivity contribution >= 4 is 0 Å². The summed E-state index contributed by atoms with van der Waals surface area (Å²) in [4.78, 5) is 2.11. The molecule has 0 spiro atoms. The smallest absolute Gasteiger partial charge is 0.123 e. The lowest BCUT2D eigenvalue weighted by Crippen LogP contribution is -2.20. The Bertz CT molecular complexity index is 299. The third kappa shape index (κ3) is 3.98. The first-order chi connectivity index (χ1) is 7.13. The van der Waals surface area contributed by atoms with Crippen LogP contribution in [0.4, 0.5) is 4.39 Å². The molecule has 0 bridgehead atoms. The summed E-state index contributed by atoms with van der Waals surface area (Å²) < 4.78 is 13.0. The van der Waals surface area contributed by atoms with E-state index in [4.69, 9.17) is 5.73 Å². The number of rotatable bonds is 5. The zero-order valence-corrected chi connectivity index (χ0v) is 9.41. The van der Waals surface area contributed by atoms with Crippen LogP contribution in [0.1, 0.15) is 17.9 Å². The van der Waals surface area contributed by atoms with Crippen molar-refractivity contribution in [1.29, 1.82) is 0 Å². The maximum Gasteiger partial charge on any atom is 0.123 e. The maximum atomic E-state index is 13.0. The van der Waals surface area contributed by atoms with Crippen molar-refractivity contribution in [3.05, 3.63) is 35.6 Å². The van der Waals surface area contributed by atoms with E-state index in [2.05, 4.69) is 4.90 Å². The fraction of sp³-hybridized carbons (Fsp3) is 0.500. The number of hydrogen-bond acceptors (Lipinski definition) is 2. The zero-order valence-electron chi connectivity index (χ0n) is 9.41. The molecule has 1 aromatic rings. The number of halogens is 1. The van der Waals surface area contributed by atoms with E-state index in [9.17, 15) is 4.39 Å². The fourth-order valence-corrected chi connectivity index (χ4v) is 1.60. The van der Waals surface area contributed by atoms with Gasteiger partial charge in [-0.05, 0) is 57.2 Å². The first kappa shape index (κ1) is 12.1. The molecule has 0 amide bonds. The number of hydrogen-bond donors (Lipinski definition) is 1. The first-order valence-corrected chi connectivity index (χ1v) is 5.23. The summed E-state index contributed by atoms with van der Waals surface area (Å²) in [5, 5.41) is 0. The highest BCUT2D eigenvalue weighted by molar-refractivity contribution is 5.21. The van der Waals surface area contributed by atoms with Gasteiger partial charge in [0.1, 0.15) is 5.82 Å². The van der Waals surface area contributed by atoms with Gasteiger partial charge < -0.3 is 10.6 Å². The Balaban J connectivity index is 2.65. The van der Waals surface area contributed by atoms with Crippen LogP contribution in [-0.4, -0.2) is 32.1 Å². The minimum absolute atomic E-state index is 0.184. The first-order valence-electron chi connectivity index (χ1n) is 5.23. The molecule has 84 valence electrons. The van der Waals surface area contributed by atoms with E-state index in [0.717, 1.165) is 18.5 Å². The maximum absolute atomic E-state index is 13.0. The Kier molecular flexibility index (Phi) is 4.72. The molecule has 2 N–H and O–H groups in total. The van der Waals surface area contributed by atoms with Crippen molar-refractivity contribution in [1.82, 2.24) is 4.90 Å². The minimum Gasteiger partial charge on any atom is -0.330 e. The molecule has 0 saturated carbocycles. The van der Waals surface area contributed by atoms with E-state index in [-0.39, 0.29) is 11.7 Å². The second-order valence-corrected chi connectivity index (χ2v) is 4.08. The molecular weight excluding hydrogens is 191 g/mol. The predicted octanol–water partition coefficient (Wildman–Crippen LogP) is 1.82. The van der Waals surface area contributed by atoms with Crippen molar-refractivity contribution < 1.29 is 4.39 Å². The van der Waals surface area contributed by atoms with Gasteiger partial charge in [0.2, 0.25) is 0 Å². The second kappa shape index (κ2) is 5.83. The Morgan fingerprint density at radius 3 is 2.67 bits per heavy atom. The van der Waals surface area contributed by atoms with Gasteiger partial charge in [0.15, 0.2) is 0 Å². The molecule has 0 fully saturated rings. The lowest BCUT2D eigenvalue weighted by atomic mass is 9.95. The molecule has 0 aromatic heterocycles. The summed E-state index contributed by atoms with van der Waals surface area (Å²) in [5.74, 6) is 0.0684. The Morgan fingerprint density at radius 2 is 2.13 bits per heavy atom. The van der Waals surface area contributed by atoms with E-state index in [0.29, 0.717) is 6.54 Å². The average Bonchev–Trinajstić information content (AvgIpc) is 2.18. The average molecular weight is 210 g/mol. The highest BCUT2D eigenvalue weighted by Crippen LogP contribution is 2.19. The molecule has 2 nitrogen and oxygen atoms in total. The molecule has 1 aromatic carbocycles. The number of nitrogens with two attached hydrogens (primary N) is 1. The minimum atomic E-state index is -0.184. The third-order valence-electron chi connectivity index (χ3n) is 2.53. The molecule has 0 heterocycles. The molecule has 15 heavy (non-hydrogen) atoms. The van der Waals surface area contributed by atoms with E-state index in [1.165, 1.54) is 6.07 Å². The Hall–Kier alpha value is -0.930. The highest BCUT2D eigenvalue weighted by Gasteiger charge is 2.10. The molecule has 3 heteroatoms. The molecule has 0 aliphatic carbocycles. The van der Waals surface area contributed by atoms with Crippen molar-refractivity contribution in [2.45, 2.75) is 12.3 Å². The summed E-state index contributed by atoms with van der Waals surface area (Å²) in [6, 6.07) is 6.72. The molecule has 0 radical (unpaired) electrons. The summed E-state index contributed by atoms with van der Waals surface area (Å²) in [7, 11) is 4.05. The largest absolute Gasteiger partial charge is 0.330 e. The monoisotopic (exact) mass is 210 g/mol. The SMILES string of the molecule is CN(C)CCC(CN)c1cccc(F)c1. The van der Waals surface area contributed by atoms with Gasteiger partial charge in [-0.15, -0.1) is 0 Å². The lowest BCUT2D eigenvalue weighted by Gasteiger charge is -2.18. The van der Waals surface area contributed by atoms with Crippen LogP contribution in [-0.2, 0) is 0 Å². The molecular formula is C12H19FN2. The molecule has 0 aliphatic heterocycles. The van der Waals surface area contributed by atoms with Crippen molar-refractivity contribution in [2.24, 2.45) is 5.73 Å². The van der Waals surface area contributed by atoms with Gasteiger partial charge in [-0.25, -0.2) is 4.39 Å². The van der Waals surface area contributed by atoms with Gasteiger partial charge in [0.05, 0.1) is 0 Å². The van der Waals surface area contributed by atoms with Gasteiger partial charge in [-0.1, -0.05) is 12.1 Å². The Morgan fingerprint density at radius 1 is 1.40 bits per heavy atom. The van der Waals surface area contributed by atoms with Crippen LogP contribution in [0.25, 0.3) is 0 Å². The van der Waals surface area contributed by atoms with Gasteiger partial charge in [0, 0.05) is 0 Å². The quantitative estimate of drug-likeness (QED) is 0.803. The summed E-state index contributed by atoms with van der Waals surface area (Å²) in [6.07, 6.45) is 0.965. The zero-order chi connectivity index (χ0) is 11.3. The number of nitrogens with zero attached hydrogens (tertiary/aromatic N) is 1. The fourth-order valence-electron chi connectivity index (χ4n) is 1.60. The standard InChI is InChI=1S/C12H19FN2/c1-15(2)7-6-11(9-14)10-4-3-5-12(13)8-10/h3-5,8,11H,6-7,9,14H2,1-2H3. The van der Waals surface area contributed by atoms with Crippen molar-refractivity contribution in [3.63, 3.8) is 0 Å². The highest BCUT2D eigenvalue weighted by atomic mass is 19.1. The van der Waals surface area contributed by atoms with Crippen LogP contribution < -0.4 is 5.73 Å². The summed E-state index contributed by atoms with van der Waals surface area (Å²) in [5.41, 5.74) is 6.70. The van der Waals surface area contributed by atoms with Crippen LogP contribution >= 0.6 is 0 Å². The molecule has 1 unspecified atom stereocenters. The molecule has 0 saturated heterocycles. The Labute approximate surface area is 90.9 Å². The lowest BCUT2D eigenvalue weighted by molar-refractivity contribution is 0.381. The normalized spacial score (nSPS) is 13.1. The van der Waals surface area contributed by atoms with Crippen LogP contribution in [0.2, 0.25) is 0 Å². The molecule has 1 rings (SSSR count). The predicted molar refractivity (Wildman–Crippen MR) is 61.4 cm³/mol. The topological polar surface area (TPSA) is 29.3 Å². The van der Waals surface area contributed by atoms with E-state index in [1.807, 2.05) is 20.2 Å². The van der Waals surface area contributed by atoms with Crippen molar-refractivity contribution in [3.8, 4) is 0 Å². The summed E-state index contributed by atoms with van der Waals surface area (Å²) >= 11 is 0. The van der Waals surface area contributed by atoms with Crippen LogP contribution in [0, 0.1) is 5.82 Å². The van der Waals surface area contributed by atoms with E-state index < -0.39 is 0 Å². The number of benzene rings is 1. The summed E-state index contributed by atoms with van der Waals surface area (Å²) in [6.45, 7) is 1.54. The van der Waals surface area contributed by atoms with Crippen molar-refractivity contribution in [2.75, 3.05) is 27.2 Å². The van der Waals surface area contributed by atoms with Crippen LogP contribution in [0.5, 0.6) is 0 Å². The van der Waals surface area contributed by atoms with E-state index in [1.54, 1.807) is 12.1 Å². The van der Waals surface area contributed by atoms with Gasteiger partial charge >= 0.3 is 0 Å². The third-order valence-corrected chi connectivity index (χ3v) is 2.53. The molecule has 0 aliphatic rings. The second-order valence-electron chi connectivity index (χ2n) is 4.08. The van der Waals surface area contributed by atoms with Crippen LogP contribution in [0.3, 0.4) is 0 Å². The van der Waals surface area contributed by atoms with Crippen LogP contribution in [0.15, 0.2) is 24.3 Å². The van der Waals surface area contributed by atoms with Gasteiger partial charge in [-0.3, -0.25) is 0 Å². The van der Waals surface area contributed by atoms with Gasteiger partial charge in [-0.2, -0.15) is 0 Å². The van der Waals surface area contributed by atoms with Gasteiger partial charge in [0.25, 0.3) is 0 Å². The van der Waals surface area contributed by atoms with E-state index >= 15 is 0 Å².